The molecule has 0 radical (unpaired) electrons. The molecule has 4 nitrogen and oxygen atoms in total. The number of hydrogen-bond acceptors (Lipinski definition) is 3. The molecule has 132 valence electrons. The largest absolute Gasteiger partial charge is 0.391 e. The first-order valence-corrected chi connectivity index (χ1v) is 9.04. The van der Waals surface area contributed by atoms with E-state index in [0.29, 0.717) is 19.6 Å². The van der Waals surface area contributed by atoms with Gasteiger partial charge in [0, 0.05) is 5.92 Å². The Balaban J connectivity index is 2.19. The first-order valence-electron chi connectivity index (χ1n) is 9.04. The molecular formula is C20H30NO3+. The fourth-order valence-corrected chi connectivity index (χ4v) is 3.54. The second kappa shape index (κ2) is 9.80. The third kappa shape index (κ3) is 5.06. The maximum absolute atomic E-state index is 11.4. The van der Waals surface area contributed by atoms with E-state index >= 15 is 0 Å². The molecule has 4 N–H and O–H groups in total. The van der Waals surface area contributed by atoms with Crippen molar-refractivity contribution in [2.45, 2.75) is 37.7 Å². The van der Waals surface area contributed by atoms with Gasteiger partial charge in [0.2, 0.25) is 0 Å². The molecule has 0 bridgehead atoms. The summed E-state index contributed by atoms with van der Waals surface area (Å²) in [6.07, 6.45) is 5.54. The lowest BCUT2D eigenvalue weighted by Crippen LogP contribution is -3.12. The summed E-state index contributed by atoms with van der Waals surface area (Å²) in [5.74, 6) is 6.45. The van der Waals surface area contributed by atoms with Crippen molar-refractivity contribution in [1.82, 2.24) is 0 Å². The van der Waals surface area contributed by atoms with Gasteiger partial charge in [0.15, 0.2) is 5.60 Å². The van der Waals surface area contributed by atoms with Crippen LogP contribution in [0.4, 0.5) is 0 Å². The summed E-state index contributed by atoms with van der Waals surface area (Å²) in [6.45, 7) is 1.78. The van der Waals surface area contributed by atoms with E-state index in [1.54, 1.807) is 0 Å². The zero-order chi connectivity index (χ0) is 17.3. The third-order valence-electron chi connectivity index (χ3n) is 4.96. The van der Waals surface area contributed by atoms with Crippen LogP contribution >= 0.6 is 0 Å². The van der Waals surface area contributed by atoms with E-state index in [1.165, 1.54) is 6.42 Å². The molecule has 0 aromatic heterocycles. The monoisotopic (exact) mass is 332 g/mol. The first kappa shape index (κ1) is 19.0. The fraction of sp³-hybridized carbons (Fsp3) is 0.600. The Kier molecular flexibility index (Phi) is 7.74. The van der Waals surface area contributed by atoms with Crippen LogP contribution in [-0.2, 0) is 5.60 Å². The minimum Gasteiger partial charge on any atom is -0.391 e. The Hall–Kier alpha value is -1.38. The van der Waals surface area contributed by atoms with Crippen LogP contribution in [0, 0.1) is 17.8 Å². The van der Waals surface area contributed by atoms with Crippen LogP contribution in [0.1, 0.15) is 37.7 Å². The predicted molar refractivity (Wildman–Crippen MR) is 94.4 cm³/mol. The van der Waals surface area contributed by atoms with E-state index in [4.69, 9.17) is 10.2 Å². The number of quaternary nitrogens is 1. The van der Waals surface area contributed by atoms with Crippen molar-refractivity contribution >= 4 is 0 Å². The van der Waals surface area contributed by atoms with E-state index < -0.39 is 5.60 Å². The normalized spacial score (nSPS) is 18.0. The molecule has 1 aliphatic carbocycles. The van der Waals surface area contributed by atoms with E-state index in [0.717, 1.165) is 36.1 Å². The number of aliphatic hydroxyl groups excluding tert-OH is 2. The van der Waals surface area contributed by atoms with E-state index in [9.17, 15) is 5.11 Å². The molecule has 24 heavy (non-hydrogen) atoms. The smallest absolute Gasteiger partial charge is 0.153 e. The number of rotatable bonds is 7. The third-order valence-corrected chi connectivity index (χ3v) is 4.96. The summed E-state index contributed by atoms with van der Waals surface area (Å²) in [7, 11) is 0. The maximum atomic E-state index is 11.4. The second-order valence-electron chi connectivity index (χ2n) is 6.64. The van der Waals surface area contributed by atoms with Gasteiger partial charge in [-0.2, -0.15) is 0 Å². The highest BCUT2D eigenvalue weighted by Gasteiger charge is 2.37. The molecule has 1 fully saturated rings. The number of hydrogen-bond donors (Lipinski definition) is 4. The number of benzene rings is 1. The van der Waals surface area contributed by atoms with Crippen LogP contribution in [0.25, 0.3) is 0 Å². The molecule has 1 saturated carbocycles. The summed E-state index contributed by atoms with van der Waals surface area (Å²) in [6, 6.07) is 9.75. The average molecular weight is 332 g/mol. The molecule has 2 rings (SSSR count). The first-order chi connectivity index (χ1) is 11.7. The molecule has 0 spiro atoms. The highest BCUT2D eigenvalue weighted by Crippen LogP contribution is 2.38. The molecule has 4 heteroatoms. The Morgan fingerprint density at radius 1 is 1.00 bits per heavy atom. The van der Waals surface area contributed by atoms with Crippen molar-refractivity contribution in [3.63, 3.8) is 0 Å². The Bertz CT molecular complexity index is 525. The summed E-state index contributed by atoms with van der Waals surface area (Å²) < 4.78 is 0. The van der Waals surface area contributed by atoms with Crippen molar-refractivity contribution in [1.29, 1.82) is 0 Å². The Morgan fingerprint density at radius 2 is 1.62 bits per heavy atom. The van der Waals surface area contributed by atoms with Crippen LogP contribution in [0.3, 0.4) is 0 Å². The minimum atomic E-state index is -1.11. The van der Waals surface area contributed by atoms with Gasteiger partial charge in [-0.3, -0.25) is 0 Å². The minimum absolute atomic E-state index is 0.0720. The lowest BCUT2D eigenvalue weighted by Gasteiger charge is -2.35. The lowest BCUT2D eigenvalue weighted by molar-refractivity contribution is -0.893. The lowest BCUT2D eigenvalue weighted by atomic mass is 9.73. The molecule has 1 aromatic carbocycles. The van der Waals surface area contributed by atoms with Gasteiger partial charge in [0.25, 0.3) is 0 Å². The zero-order valence-corrected chi connectivity index (χ0v) is 14.4. The topological polar surface area (TPSA) is 65.1 Å². The van der Waals surface area contributed by atoms with Crippen molar-refractivity contribution < 1.29 is 20.2 Å². The fourth-order valence-electron chi connectivity index (χ4n) is 3.54. The molecule has 1 aromatic rings. The summed E-state index contributed by atoms with van der Waals surface area (Å²) in [5.41, 5.74) is -0.235. The van der Waals surface area contributed by atoms with Crippen molar-refractivity contribution in [2.24, 2.45) is 5.92 Å². The Morgan fingerprint density at radius 3 is 2.21 bits per heavy atom. The van der Waals surface area contributed by atoms with Crippen LogP contribution in [0.5, 0.6) is 0 Å². The van der Waals surface area contributed by atoms with E-state index in [2.05, 4.69) is 11.8 Å². The SMILES string of the molecule is OCC[NH+](CC#C[C@@](O)(c1ccccc1)C1CCCCC1)CCO. The molecule has 0 unspecified atom stereocenters. The van der Waals surface area contributed by atoms with Gasteiger partial charge in [0.1, 0.15) is 19.6 Å². The predicted octanol–water partition coefficient (Wildman–Crippen LogP) is 0.327. The van der Waals surface area contributed by atoms with Crippen LogP contribution in [0.15, 0.2) is 30.3 Å². The van der Waals surface area contributed by atoms with Crippen LogP contribution in [-0.4, -0.2) is 48.2 Å². The molecule has 1 atom stereocenters. The van der Waals surface area contributed by atoms with Crippen LogP contribution < -0.4 is 4.90 Å². The molecule has 0 saturated heterocycles. The maximum Gasteiger partial charge on any atom is 0.153 e. The van der Waals surface area contributed by atoms with Crippen molar-refractivity contribution in [3.8, 4) is 11.8 Å². The van der Waals surface area contributed by atoms with Gasteiger partial charge < -0.3 is 20.2 Å². The quantitative estimate of drug-likeness (QED) is 0.544. The van der Waals surface area contributed by atoms with E-state index in [-0.39, 0.29) is 19.1 Å². The zero-order valence-electron chi connectivity index (χ0n) is 14.4. The highest BCUT2D eigenvalue weighted by atomic mass is 16.3. The average Bonchev–Trinajstić information content (AvgIpc) is 2.63. The second-order valence-corrected chi connectivity index (χ2v) is 6.64. The highest BCUT2D eigenvalue weighted by molar-refractivity contribution is 5.33. The van der Waals surface area contributed by atoms with Gasteiger partial charge >= 0.3 is 0 Å². The van der Waals surface area contributed by atoms with Gasteiger partial charge in [-0.25, -0.2) is 0 Å². The molecular weight excluding hydrogens is 302 g/mol. The van der Waals surface area contributed by atoms with Gasteiger partial charge in [-0.1, -0.05) is 55.5 Å². The molecule has 0 heterocycles. The molecule has 0 amide bonds. The summed E-state index contributed by atoms with van der Waals surface area (Å²) >= 11 is 0. The standard InChI is InChI=1S/C20H29NO3/c22-16-14-21(15-17-23)13-7-12-20(24,18-8-3-1-4-9-18)19-10-5-2-6-11-19/h1,3-4,8-9,19,22-24H,2,5-6,10-11,13-17H2/p+1/t20-/m1/s1. The summed E-state index contributed by atoms with van der Waals surface area (Å²) in [5, 5.41) is 29.6. The number of nitrogens with one attached hydrogen (secondary N) is 1. The Labute approximate surface area is 145 Å². The van der Waals surface area contributed by atoms with E-state index in [1.807, 2.05) is 30.3 Å². The van der Waals surface area contributed by atoms with Crippen molar-refractivity contribution in [2.75, 3.05) is 32.8 Å². The van der Waals surface area contributed by atoms with Crippen LogP contribution in [0.2, 0.25) is 0 Å². The van der Waals surface area contributed by atoms with Gasteiger partial charge in [0.05, 0.1) is 13.2 Å². The number of aliphatic hydroxyl groups is 3. The molecule has 0 aliphatic heterocycles. The van der Waals surface area contributed by atoms with Gasteiger partial charge in [-0.05, 0) is 24.3 Å². The van der Waals surface area contributed by atoms with Gasteiger partial charge in [-0.15, -0.1) is 0 Å². The van der Waals surface area contributed by atoms with Crippen molar-refractivity contribution in [3.05, 3.63) is 35.9 Å². The summed E-state index contributed by atoms with van der Waals surface area (Å²) in [4.78, 5) is 1.03. The molecule has 1 aliphatic rings.